The first-order valence-corrected chi connectivity index (χ1v) is 4.95. The maximum atomic E-state index is 11.5. The van der Waals surface area contributed by atoms with E-state index >= 15 is 0 Å². The Morgan fingerprint density at radius 2 is 1.93 bits per heavy atom. The van der Waals surface area contributed by atoms with Gasteiger partial charge in [-0.3, -0.25) is 0 Å². The molecule has 0 saturated carbocycles. The molecule has 0 N–H and O–H groups in total. The van der Waals surface area contributed by atoms with Crippen LogP contribution >= 0.6 is 23.2 Å². The summed E-state index contributed by atoms with van der Waals surface area (Å²) in [4.78, 5) is 11.5. The molecule has 0 radical (unpaired) electrons. The molecule has 76 valence electrons. The molecule has 0 aliphatic rings. The third kappa shape index (κ3) is 2.20. The average molecular weight is 233 g/mol. The van der Waals surface area contributed by atoms with Crippen LogP contribution in [0.15, 0.2) is 12.1 Å². The fourth-order valence-corrected chi connectivity index (χ4v) is 1.55. The van der Waals surface area contributed by atoms with Crippen LogP contribution in [0.3, 0.4) is 0 Å². The van der Waals surface area contributed by atoms with Crippen LogP contribution in [0.1, 0.15) is 22.8 Å². The normalized spacial score (nSPS) is 10.0. The molecule has 1 rings (SSSR count). The molecule has 1 aromatic rings. The summed E-state index contributed by atoms with van der Waals surface area (Å²) in [5, 5.41) is 0.878. The van der Waals surface area contributed by atoms with E-state index in [1.807, 2.05) is 0 Å². The minimum absolute atomic E-state index is 0.321. The van der Waals surface area contributed by atoms with Gasteiger partial charge in [-0.1, -0.05) is 23.2 Å². The summed E-state index contributed by atoms with van der Waals surface area (Å²) in [6, 6.07) is 3.24. The molecule has 2 nitrogen and oxygen atoms in total. The molecule has 0 aliphatic carbocycles. The van der Waals surface area contributed by atoms with Crippen LogP contribution < -0.4 is 0 Å². The SMILES string of the molecule is CCOC(=O)c1c(Cl)ccc(Cl)c1C. The first-order valence-electron chi connectivity index (χ1n) is 4.19. The Hall–Kier alpha value is -0.730. The number of carbonyl (C=O) groups is 1. The van der Waals surface area contributed by atoms with Crippen molar-refractivity contribution in [2.75, 3.05) is 6.61 Å². The van der Waals surface area contributed by atoms with Gasteiger partial charge in [-0.2, -0.15) is 0 Å². The number of hydrogen-bond donors (Lipinski definition) is 0. The van der Waals surface area contributed by atoms with E-state index in [0.29, 0.717) is 27.8 Å². The van der Waals surface area contributed by atoms with Gasteiger partial charge in [0.05, 0.1) is 17.2 Å². The predicted octanol–water partition coefficient (Wildman–Crippen LogP) is 3.48. The third-order valence-electron chi connectivity index (χ3n) is 1.83. The van der Waals surface area contributed by atoms with Crippen LogP contribution in [0.25, 0.3) is 0 Å². The van der Waals surface area contributed by atoms with E-state index in [1.165, 1.54) is 0 Å². The Morgan fingerprint density at radius 1 is 1.36 bits per heavy atom. The first kappa shape index (κ1) is 11.3. The molecule has 14 heavy (non-hydrogen) atoms. The van der Waals surface area contributed by atoms with Crippen molar-refractivity contribution in [2.45, 2.75) is 13.8 Å². The molecule has 0 heterocycles. The Morgan fingerprint density at radius 3 is 2.50 bits per heavy atom. The van der Waals surface area contributed by atoms with Crippen LogP contribution in [-0.2, 0) is 4.74 Å². The number of esters is 1. The fraction of sp³-hybridized carbons (Fsp3) is 0.300. The van der Waals surface area contributed by atoms with Gasteiger partial charge in [-0.05, 0) is 31.5 Å². The Balaban J connectivity index is 3.18. The number of halogens is 2. The molecule has 0 spiro atoms. The van der Waals surface area contributed by atoms with Gasteiger partial charge in [0.1, 0.15) is 0 Å². The highest BCUT2D eigenvalue weighted by Crippen LogP contribution is 2.26. The number of benzene rings is 1. The maximum absolute atomic E-state index is 11.5. The summed E-state index contributed by atoms with van der Waals surface area (Å²) in [7, 11) is 0. The zero-order chi connectivity index (χ0) is 10.7. The van der Waals surface area contributed by atoms with Gasteiger partial charge in [0.15, 0.2) is 0 Å². The van der Waals surface area contributed by atoms with Crippen LogP contribution in [0.2, 0.25) is 10.0 Å². The van der Waals surface area contributed by atoms with E-state index in [4.69, 9.17) is 27.9 Å². The minimum Gasteiger partial charge on any atom is -0.462 e. The molecule has 4 heteroatoms. The van der Waals surface area contributed by atoms with Gasteiger partial charge in [0, 0.05) is 5.02 Å². The smallest absolute Gasteiger partial charge is 0.339 e. The molecule has 0 aliphatic heterocycles. The highest BCUT2D eigenvalue weighted by Gasteiger charge is 2.16. The lowest BCUT2D eigenvalue weighted by atomic mass is 10.1. The van der Waals surface area contributed by atoms with Crippen molar-refractivity contribution in [2.24, 2.45) is 0 Å². The zero-order valence-corrected chi connectivity index (χ0v) is 9.45. The summed E-state index contributed by atoms with van der Waals surface area (Å²) in [5.41, 5.74) is 0.999. The lowest BCUT2D eigenvalue weighted by molar-refractivity contribution is 0.0526. The predicted molar refractivity (Wildman–Crippen MR) is 57.2 cm³/mol. The largest absolute Gasteiger partial charge is 0.462 e. The highest BCUT2D eigenvalue weighted by atomic mass is 35.5. The monoisotopic (exact) mass is 232 g/mol. The van der Waals surface area contributed by atoms with Crippen molar-refractivity contribution < 1.29 is 9.53 Å². The molecule has 0 atom stereocenters. The molecule has 0 aromatic heterocycles. The Kier molecular flexibility index (Phi) is 3.78. The fourth-order valence-electron chi connectivity index (χ4n) is 1.11. The van der Waals surface area contributed by atoms with Gasteiger partial charge in [0.25, 0.3) is 0 Å². The van der Waals surface area contributed by atoms with Crippen LogP contribution in [-0.4, -0.2) is 12.6 Å². The van der Waals surface area contributed by atoms with Crippen molar-refractivity contribution in [1.82, 2.24) is 0 Å². The van der Waals surface area contributed by atoms with Crippen molar-refractivity contribution in [3.05, 3.63) is 33.3 Å². The molecule has 0 saturated heterocycles. The summed E-state index contributed by atoms with van der Waals surface area (Å²) < 4.78 is 4.86. The standard InChI is InChI=1S/C10H10Cl2O2/c1-3-14-10(13)9-6(2)7(11)4-5-8(9)12/h4-5H,3H2,1-2H3. The number of rotatable bonds is 2. The molecule has 0 amide bonds. The molecule has 0 fully saturated rings. The molecular weight excluding hydrogens is 223 g/mol. The lowest BCUT2D eigenvalue weighted by Gasteiger charge is -2.08. The van der Waals surface area contributed by atoms with E-state index in [0.717, 1.165) is 0 Å². The summed E-state index contributed by atoms with van der Waals surface area (Å²) in [5.74, 6) is -0.433. The molecule has 1 aromatic carbocycles. The van der Waals surface area contributed by atoms with E-state index in [2.05, 4.69) is 0 Å². The second-order valence-electron chi connectivity index (χ2n) is 2.75. The first-order chi connectivity index (χ1) is 6.57. The van der Waals surface area contributed by atoms with E-state index < -0.39 is 5.97 Å². The van der Waals surface area contributed by atoms with Gasteiger partial charge in [0.2, 0.25) is 0 Å². The van der Waals surface area contributed by atoms with Gasteiger partial charge >= 0.3 is 5.97 Å². The van der Waals surface area contributed by atoms with Crippen molar-refractivity contribution >= 4 is 29.2 Å². The summed E-state index contributed by atoms with van der Waals surface area (Å²) >= 11 is 11.7. The molecule has 0 bridgehead atoms. The average Bonchev–Trinajstić information content (AvgIpc) is 2.13. The second kappa shape index (κ2) is 4.67. The van der Waals surface area contributed by atoms with Gasteiger partial charge in [-0.25, -0.2) is 4.79 Å². The maximum Gasteiger partial charge on any atom is 0.339 e. The summed E-state index contributed by atoms with van der Waals surface area (Å²) in [6.07, 6.45) is 0. The number of hydrogen-bond acceptors (Lipinski definition) is 2. The quantitative estimate of drug-likeness (QED) is 0.731. The van der Waals surface area contributed by atoms with Gasteiger partial charge in [-0.15, -0.1) is 0 Å². The third-order valence-corrected chi connectivity index (χ3v) is 2.55. The van der Waals surface area contributed by atoms with E-state index in [9.17, 15) is 4.79 Å². The van der Waals surface area contributed by atoms with Gasteiger partial charge < -0.3 is 4.74 Å². The number of carbonyl (C=O) groups excluding carboxylic acids is 1. The van der Waals surface area contributed by atoms with Crippen LogP contribution in [0.5, 0.6) is 0 Å². The second-order valence-corrected chi connectivity index (χ2v) is 3.56. The molecular formula is C10H10Cl2O2. The van der Waals surface area contributed by atoms with Crippen molar-refractivity contribution in [3.8, 4) is 0 Å². The number of ether oxygens (including phenoxy) is 1. The van der Waals surface area contributed by atoms with Crippen LogP contribution in [0.4, 0.5) is 0 Å². The lowest BCUT2D eigenvalue weighted by Crippen LogP contribution is -2.07. The van der Waals surface area contributed by atoms with Crippen molar-refractivity contribution in [3.63, 3.8) is 0 Å². The minimum atomic E-state index is -0.433. The van der Waals surface area contributed by atoms with E-state index in [-0.39, 0.29) is 0 Å². The topological polar surface area (TPSA) is 26.3 Å². The Bertz CT molecular complexity index is 361. The van der Waals surface area contributed by atoms with Crippen LogP contribution in [0, 0.1) is 6.92 Å². The summed E-state index contributed by atoms with van der Waals surface area (Å²) in [6.45, 7) is 3.80. The highest BCUT2D eigenvalue weighted by molar-refractivity contribution is 6.36. The Labute approximate surface area is 92.8 Å². The molecule has 0 unspecified atom stereocenters. The van der Waals surface area contributed by atoms with E-state index in [1.54, 1.807) is 26.0 Å². The van der Waals surface area contributed by atoms with Crippen molar-refractivity contribution in [1.29, 1.82) is 0 Å². The zero-order valence-electron chi connectivity index (χ0n) is 7.93.